The van der Waals surface area contributed by atoms with Crippen LogP contribution < -0.4 is 4.90 Å². The van der Waals surface area contributed by atoms with Crippen molar-refractivity contribution < 1.29 is 9.52 Å². The van der Waals surface area contributed by atoms with Gasteiger partial charge in [-0.15, -0.1) is 11.3 Å². The zero-order valence-electron chi connectivity index (χ0n) is 14.3. The van der Waals surface area contributed by atoms with Crippen LogP contribution in [0.2, 0.25) is 0 Å². The Bertz CT molecular complexity index is 833. The van der Waals surface area contributed by atoms with Gasteiger partial charge in [-0.25, -0.2) is 9.97 Å². The van der Waals surface area contributed by atoms with Crippen molar-refractivity contribution in [3.05, 3.63) is 41.4 Å². The van der Waals surface area contributed by atoms with Crippen molar-refractivity contribution >= 4 is 27.4 Å². The molecule has 1 aliphatic heterocycles. The molecule has 1 aliphatic rings. The first-order valence-corrected chi connectivity index (χ1v) is 9.45. The summed E-state index contributed by atoms with van der Waals surface area (Å²) in [4.78, 5) is 15.1. The average Bonchev–Trinajstić information content (AvgIpc) is 3.27. The predicted molar refractivity (Wildman–Crippen MR) is 99.0 cm³/mol. The van der Waals surface area contributed by atoms with Crippen LogP contribution in [0, 0.1) is 6.92 Å². The standard InChI is InChI=1S/C18H22N4O2S/c1-13-19-17(16-4-9-25-18(16)20-13)22-6-5-21(15(11-22)2-7-23)10-14-3-8-24-12-14/h3-4,8-9,12,15,23H,2,5-7,10-11H2,1H3/t15-/m0/s1. The summed E-state index contributed by atoms with van der Waals surface area (Å²) in [5.74, 6) is 1.83. The number of anilines is 1. The van der Waals surface area contributed by atoms with Crippen LogP contribution in [0.25, 0.3) is 10.2 Å². The van der Waals surface area contributed by atoms with Crippen LogP contribution in [0.3, 0.4) is 0 Å². The third kappa shape index (κ3) is 3.40. The first-order chi connectivity index (χ1) is 12.2. The third-order valence-corrected chi connectivity index (χ3v) is 5.56. The van der Waals surface area contributed by atoms with E-state index in [1.807, 2.05) is 13.0 Å². The fraction of sp³-hybridized carbons (Fsp3) is 0.444. The fourth-order valence-corrected chi connectivity index (χ4v) is 4.32. The monoisotopic (exact) mass is 358 g/mol. The molecule has 6 nitrogen and oxygen atoms in total. The van der Waals surface area contributed by atoms with Gasteiger partial charge in [-0.3, -0.25) is 4.90 Å². The number of aliphatic hydroxyl groups excluding tert-OH is 1. The van der Waals surface area contributed by atoms with Crippen molar-refractivity contribution in [2.24, 2.45) is 0 Å². The number of furan rings is 1. The van der Waals surface area contributed by atoms with E-state index in [1.54, 1.807) is 23.9 Å². The van der Waals surface area contributed by atoms with Gasteiger partial charge in [-0.1, -0.05) is 0 Å². The summed E-state index contributed by atoms with van der Waals surface area (Å²) < 4.78 is 5.19. The van der Waals surface area contributed by atoms with Crippen LogP contribution in [-0.2, 0) is 6.54 Å². The molecule has 0 spiro atoms. The summed E-state index contributed by atoms with van der Waals surface area (Å²) in [6.07, 6.45) is 4.26. The lowest BCUT2D eigenvalue weighted by Crippen LogP contribution is -2.53. The van der Waals surface area contributed by atoms with Crippen molar-refractivity contribution in [1.82, 2.24) is 14.9 Å². The first kappa shape index (κ1) is 16.5. The summed E-state index contributed by atoms with van der Waals surface area (Å²) in [6.45, 7) is 5.71. The Balaban J connectivity index is 1.57. The molecule has 1 saturated heterocycles. The number of fused-ring (bicyclic) bond motifs is 1. The van der Waals surface area contributed by atoms with Crippen LogP contribution >= 0.6 is 11.3 Å². The second-order valence-corrected chi connectivity index (χ2v) is 7.34. The van der Waals surface area contributed by atoms with Gasteiger partial charge >= 0.3 is 0 Å². The van der Waals surface area contributed by atoms with Crippen molar-refractivity contribution in [3.63, 3.8) is 0 Å². The van der Waals surface area contributed by atoms with Crippen molar-refractivity contribution in [2.75, 3.05) is 31.1 Å². The van der Waals surface area contributed by atoms with E-state index in [2.05, 4.69) is 26.2 Å². The maximum Gasteiger partial charge on any atom is 0.141 e. The molecule has 7 heteroatoms. The Morgan fingerprint density at radius 3 is 3.04 bits per heavy atom. The van der Waals surface area contributed by atoms with Crippen LogP contribution in [0.1, 0.15) is 17.8 Å². The Morgan fingerprint density at radius 1 is 1.32 bits per heavy atom. The van der Waals surface area contributed by atoms with Gasteiger partial charge in [0.1, 0.15) is 16.5 Å². The number of rotatable bonds is 5. The lowest BCUT2D eigenvalue weighted by molar-refractivity contribution is 0.135. The lowest BCUT2D eigenvalue weighted by Gasteiger charge is -2.42. The van der Waals surface area contributed by atoms with E-state index >= 15 is 0 Å². The van der Waals surface area contributed by atoms with Crippen molar-refractivity contribution in [2.45, 2.75) is 25.9 Å². The van der Waals surface area contributed by atoms with Gasteiger partial charge in [0, 0.05) is 44.4 Å². The second kappa shape index (κ2) is 7.11. The molecule has 0 saturated carbocycles. The molecule has 1 N–H and O–H groups in total. The van der Waals surface area contributed by atoms with Crippen LogP contribution in [-0.4, -0.2) is 52.3 Å². The highest BCUT2D eigenvalue weighted by Gasteiger charge is 2.28. The van der Waals surface area contributed by atoms with Gasteiger partial charge in [-0.2, -0.15) is 0 Å². The molecule has 0 unspecified atom stereocenters. The van der Waals surface area contributed by atoms with Gasteiger partial charge in [0.05, 0.1) is 17.9 Å². The maximum absolute atomic E-state index is 9.51. The molecule has 25 heavy (non-hydrogen) atoms. The maximum atomic E-state index is 9.51. The molecule has 1 fully saturated rings. The Morgan fingerprint density at radius 2 is 2.24 bits per heavy atom. The molecule has 4 rings (SSSR count). The zero-order chi connectivity index (χ0) is 17.2. The van der Waals surface area contributed by atoms with E-state index in [9.17, 15) is 5.11 Å². The molecule has 1 atom stereocenters. The molecular weight excluding hydrogens is 336 g/mol. The molecule has 0 bridgehead atoms. The van der Waals surface area contributed by atoms with E-state index in [4.69, 9.17) is 9.40 Å². The molecular formula is C18H22N4O2S. The number of hydrogen-bond donors (Lipinski definition) is 1. The minimum atomic E-state index is 0.192. The van der Waals surface area contributed by atoms with Crippen LogP contribution in [0.4, 0.5) is 5.82 Å². The summed E-state index contributed by atoms with van der Waals surface area (Å²) in [5, 5.41) is 12.7. The van der Waals surface area contributed by atoms with Gasteiger partial charge < -0.3 is 14.4 Å². The second-order valence-electron chi connectivity index (χ2n) is 6.45. The van der Waals surface area contributed by atoms with Crippen molar-refractivity contribution in [1.29, 1.82) is 0 Å². The van der Waals surface area contributed by atoms with E-state index in [0.717, 1.165) is 54.5 Å². The fourth-order valence-electron chi connectivity index (χ4n) is 3.52. The molecule has 132 valence electrons. The van der Waals surface area contributed by atoms with Gasteiger partial charge in [0.2, 0.25) is 0 Å². The minimum absolute atomic E-state index is 0.192. The zero-order valence-corrected chi connectivity index (χ0v) is 15.1. The molecule has 0 aromatic carbocycles. The Hall–Kier alpha value is -1.96. The highest BCUT2D eigenvalue weighted by molar-refractivity contribution is 7.16. The third-order valence-electron chi connectivity index (χ3n) is 4.75. The van der Waals surface area contributed by atoms with E-state index in [1.165, 1.54) is 5.56 Å². The number of thiophene rings is 1. The van der Waals surface area contributed by atoms with Gasteiger partial charge in [0.15, 0.2) is 0 Å². The highest BCUT2D eigenvalue weighted by Crippen LogP contribution is 2.30. The molecule has 3 aromatic rings. The summed E-state index contributed by atoms with van der Waals surface area (Å²) >= 11 is 1.66. The molecule has 4 heterocycles. The van der Waals surface area contributed by atoms with Gasteiger partial charge in [0.25, 0.3) is 0 Å². The van der Waals surface area contributed by atoms with Crippen molar-refractivity contribution in [3.8, 4) is 0 Å². The number of aliphatic hydroxyl groups is 1. The Labute approximate surface area is 150 Å². The largest absolute Gasteiger partial charge is 0.472 e. The van der Waals surface area contributed by atoms with Gasteiger partial charge in [-0.05, 0) is 30.9 Å². The number of nitrogens with zero attached hydrogens (tertiary/aromatic N) is 4. The molecule has 0 aliphatic carbocycles. The number of aryl methyl sites for hydroxylation is 1. The topological polar surface area (TPSA) is 65.6 Å². The minimum Gasteiger partial charge on any atom is -0.472 e. The SMILES string of the molecule is Cc1nc(N2CCN(Cc3ccoc3)[C@@H](CCO)C2)c2ccsc2n1. The Kier molecular flexibility index (Phi) is 4.70. The molecule has 0 amide bonds. The average molecular weight is 358 g/mol. The van der Waals surface area contributed by atoms with Crippen LogP contribution in [0.15, 0.2) is 34.5 Å². The van der Waals surface area contributed by atoms with E-state index in [0.29, 0.717) is 0 Å². The number of aromatic nitrogens is 2. The molecule has 3 aromatic heterocycles. The highest BCUT2D eigenvalue weighted by atomic mass is 32.1. The summed E-state index contributed by atoms with van der Waals surface area (Å²) in [7, 11) is 0. The predicted octanol–water partition coefficient (Wildman–Crippen LogP) is 2.67. The number of piperazine rings is 1. The summed E-state index contributed by atoms with van der Waals surface area (Å²) in [5.41, 5.74) is 1.18. The van der Waals surface area contributed by atoms with Crippen LogP contribution in [0.5, 0.6) is 0 Å². The number of hydrogen-bond acceptors (Lipinski definition) is 7. The lowest BCUT2D eigenvalue weighted by atomic mass is 10.1. The smallest absolute Gasteiger partial charge is 0.141 e. The summed E-state index contributed by atoms with van der Waals surface area (Å²) in [6, 6.07) is 4.40. The van der Waals surface area contributed by atoms with E-state index < -0.39 is 0 Å². The quantitative estimate of drug-likeness (QED) is 0.756. The first-order valence-electron chi connectivity index (χ1n) is 8.57. The van der Waals surface area contributed by atoms with E-state index in [-0.39, 0.29) is 12.6 Å². The molecule has 0 radical (unpaired) electrons. The normalized spacial score (nSPS) is 19.0.